The molecule has 3 rings (SSSR count). The molecule has 1 unspecified atom stereocenters. The van der Waals surface area contributed by atoms with Crippen LogP contribution in [0.4, 0.5) is 13.2 Å². The monoisotopic (exact) mass is 457 g/mol. The summed E-state index contributed by atoms with van der Waals surface area (Å²) in [5.41, 5.74) is 0.223. The van der Waals surface area contributed by atoms with E-state index in [-0.39, 0.29) is 23.8 Å². The Balaban J connectivity index is 1.82. The third-order valence-electron chi connectivity index (χ3n) is 5.50. The highest BCUT2D eigenvalue weighted by atomic mass is 35.5. The highest BCUT2D eigenvalue weighted by Gasteiger charge is 2.40. The van der Waals surface area contributed by atoms with E-state index in [9.17, 15) is 18.0 Å². The molecule has 1 amide bonds. The molecule has 1 aliphatic rings. The number of halogens is 5. The number of carbonyl (C=O) groups excluding carboxylic acids is 1. The number of hydrogen-bond donors (Lipinski definition) is 0. The molecular formula is C21H21BCl2F3NO2. The molecule has 160 valence electrons. The van der Waals surface area contributed by atoms with Gasteiger partial charge in [0.15, 0.2) is 0 Å². The van der Waals surface area contributed by atoms with Crippen molar-refractivity contribution in [3.8, 4) is 5.75 Å². The van der Waals surface area contributed by atoms with E-state index < -0.39 is 11.7 Å². The van der Waals surface area contributed by atoms with Gasteiger partial charge in [-0.1, -0.05) is 29.3 Å². The zero-order valence-electron chi connectivity index (χ0n) is 16.5. The normalized spacial score (nSPS) is 20.3. The van der Waals surface area contributed by atoms with Gasteiger partial charge in [-0.05, 0) is 55.2 Å². The molecule has 0 bridgehead atoms. The molecule has 2 aromatic rings. The molecule has 0 spiro atoms. The van der Waals surface area contributed by atoms with Gasteiger partial charge in [0.2, 0.25) is 5.91 Å². The molecule has 0 saturated carbocycles. The second-order valence-electron chi connectivity index (χ2n) is 7.44. The SMILES string of the molecule is BCC(=O)N1CC([C@@H](C)Oc2ccc(C(F)(F)F)cc2)[C@H](c2ccc(Cl)c(Cl)c2)C1. The van der Waals surface area contributed by atoms with Crippen LogP contribution in [-0.2, 0) is 11.0 Å². The minimum atomic E-state index is -4.39. The average molecular weight is 458 g/mol. The predicted octanol–water partition coefficient (Wildman–Crippen LogP) is 5.07. The molecule has 1 saturated heterocycles. The quantitative estimate of drug-likeness (QED) is 0.586. The lowest BCUT2D eigenvalue weighted by Gasteiger charge is -2.26. The van der Waals surface area contributed by atoms with E-state index in [1.807, 2.05) is 20.8 Å². The molecule has 1 aliphatic heterocycles. The fraction of sp³-hybridized carbons (Fsp3) is 0.381. The lowest BCUT2D eigenvalue weighted by molar-refractivity contribution is -0.137. The number of amides is 1. The number of likely N-dealkylation sites (tertiary alicyclic amines) is 1. The van der Waals surface area contributed by atoms with Gasteiger partial charge in [0, 0.05) is 24.9 Å². The van der Waals surface area contributed by atoms with Gasteiger partial charge in [0.05, 0.1) is 15.6 Å². The van der Waals surface area contributed by atoms with Crippen LogP contribution in [0.25, 0.3) is 0 Å². The minimum Gasteiger partial charge on any atom is -0.490 e. The number of rotatable bonds is 5. The van der Waals surface area contributed by atoms with Gasteiger partial charge in [-0.25, -0.2) is 0 Å². The largest absolute Gasteiger partial charge is 0.490 e. The summed E-state index contributed by atoms with van der Waals surface area (Å²) in [5.74, 6) is 0.313. The van der Waals surface area contributed by atoms with Crippen LogP contribution in [0.15, 0.2) is 42.5 Å². The molecule has 0 aliphatic carbocycles. The maximum Gasteiger partial charge on any atom is 0.416 e. The van der Waals surface area contributed by atoms with Crippen molar-refractivity contribution in [2.75, 3.05) is 13.1 Å². The highest BCUT2D eigenvalue weighted by molar-refractivity contribution is 6.42. The van der Waals surface area contributed by atoms with E-state index in [1.54, 1.807) is 17.0 Å². The predicted molar refractivity (Wildman–Crippen MR) is 114 cm³/mol. The van der Waals surface area contributed by atoms with Crippen LogP contribution < -0.4 is 4.74 Å². The average Bonchev–Trinajstić information content (AvgIpc) is 3.15. The van der Waals surface area contributed by atoms with Crippen LogP contribution in [0.3, 0.4) is 0 Å². The Morgan fingerprint density at radius 1 is 1.17 bits per heavy atom. The van der Waals surface area contributed by atoms with E-state index in [2.05, 4.69) is 0 Å². The van der Waals surface area contributed by atoms with Crippen molar-refractivity contribution in [2.45, 2.75) is 31.4 Å². The number of hydrogen-bond acceptors (Lipinski definition) is 2. The smallest absolute Gasteiger partial charge is 0.416 e. The van der Waals surface area contributed by atoms with Crippen molar-refractivity contribution >= 4 is 37.0 Å². The van der Waals surface area contributed by atoms with Crippen LogP contribution in [0.5, 0.6) is 5.75 Å². The van der Waals surface area contributed by atoms with E-state index >= 15 is 0 Å². The Kier molecular flexibility index (Phi) is 6.93. The van der Waals surface area contributed by atoms with Crippen molar-refractivity contribution in [1.82, 2.24) is 4.90 Å². The number of alkyl halides is 3. The maximum absolute atomic E-state index is 12.8. The van der Waals surface area contributed by atoms with E-state index in [4.69, 9.17) is 27.9 Å². The Morgan fingerprint density at radius 2 is 1.83 bits per heavy atom. The molecule has 1 fully saturated rings. The van der Waals surface area contributed by atoms with Gasteiger partial charge >= 0.3 is 6.18 Å². The standard InChI is InChI=1S/C21H21BCl2F3NO2/c1-12(30-15-5-3-14(4-6-15)21(25,26)27)16-10-28(20(29)9-22)11-17(16)13-2-7-18(23)19(24)8-13/h2-8,12,16-17H,9-11,22H2,1H3/t12-,16?,17+/m1/s1. The maximum atomic E-state index is 12.8. The molecule has 30 heavy (non-hydrogen) atoms. The molecule has 3 nitrogen and oxygen atoms in total. The molecule has 1 heterocycles. The highest BCUT2D eigenvalue weighted by Crippen LogP contribution is 2.39. The second kappa shape index (κ2) is 9.10. The first-order valence-electron chi connectivity index (χ1n) is 9.66. The summed E-state index contributed by atoms with van der Waals surface area (Å²) in [6.45, 7) is 2.89. The van der Waals surface area contributed by atoms with Gasteiger partial charge in [-0.2, -0.15) is 13.2 Å². The van der Waals surface area contributed by atoms with Crippen molar-refractivity contribution < 1.29 is 22.7 Å². The summed E-state index contributed by atoms with van der Waals surface area (Å²) in [6.07, 6.45) is -4.33. The van der Waals surface area contributed by atoms with Gasteiger partial charge < -0.3 is 9.64 Å². The second-order valence-corrected chi connectivity index (χ2v) is 8.26. The van der Waals surface area contributed by atoms with Gasteiger partial charge in [-0.15, -0.1) is 0 Å². The molecule has 2 aromatic carbocycles. The van der Waals surface area contributed by atoms with Crippen LogP contribution in [0.1, 0.15) is 24.0 Å². The van der Waals surface area contributed by atoms with Crippen LogP contribution >= 0.6 is 23.2 Å². The molecule has 0 radical (unpaired) electrons. The molecule has 0 aromatic heterocycles. The van der Waals surface area contributed by atoms with Gasteiger partial charge in [0.25, 0.3) is 0 Å². The fourth-order valence-electron chi connectivity index (χ4n) is 3.85. The van der Waals surface area contributed by atoms with Gasteiger partial charge in [-0.3, -0.25) is 4.79 Å². The van der Waals surface area contributed by atoms with Crippen molar-refractivity contribution in [2.24, 2.45) is 5.92 Å². The zero-order chi connectivity index (χ0) is 22.1. The molecule has 3 atom stereocenters. The number of benzene rings is 2. The molecular weight excluding hydrogens is 437 g/mol. The van der Waals surface area contributed by atoms with Crippen molar-refractivity contribution in [3.63, 3.8) is 0 Å². The lowest BCUT2D eigenvalue weighted by atomic mass is 9.85. The summed E-state index contributed by atoms with van der Waals surface area (Å²) >= 11 is 12.2. The lowest BCUT2D eigenvalue weighted by Crippen LogP contribution is -2.32. The third kappa shape index (κ3) is 5.06. The summed E-state index contributed by atoms with van der Waals surface area (Å²) in [5, 5.41) is 0.884. The third-order valence-corrected chi connectivity index (χ3v) is 6.24. The Morgan fingerprint density at radius 3 is 2.40 bits per heavy atom. The topological polar surface area (TPSA) is 29.5 Å². The van der Waals surface area contributed by atoms with Crippen LogP contribution in [0.2, 0.25) is 16.4 Å². The summed E-state index contributed by atoms with van der Waals surface area (Å²) in [4.78, 5) is 14.1. The summed E-state index contributed by atoms with van der Waals surface area (Å²) in [7, 11) is 1.81. The van der Waals surface area contributed by atoms with Gasteiger partial charge in [0.1, 0.15) is 19.7 Å². The Bertz CT molecular complexity index is 908. The van der Waals surface area contributed by atoms with Crippen molar-refractivity contribution in [3.05, 3.63) is 63.6 Å². The first kappa shape index (κ1) is 22.8. The van der Waals surface area contributed by atoms with Crippen LogP contribution in [-0.4, -0.2) is 37.8 Å². The van der Waals surface area contributed by atoms with E-state index in [0.717, 1.165) is 17.7 Å². The Labute approximate surface area is 184 Å². The fourth-order valence-corrected chi connectivity index (χ4v) is 4.16. The van der Waals surface area contributed by atoms with Crippen LogP contribution in [0, 0.1) is 5.92 Å². The number of carbonyl (C=O) groups is 1. The van der Waals surface area contributed by atoms with E-state index in [0.29, 0.717) is 35.2 Å². The molecule has 0 N–H and O–H groups in total. The van der Waals surface area contributed by atoms with Crippen molar-refractivity contribution in [1.29, 1.82) is 0 Å². The molecule has 9 heteroatoms. The van der Waals surface area contributed by atoms with E-state index in [1.165, 1.54) is 12.1 Å². The number of nitrogens with zero attached hydrogens (tertiary/aromatic N) is 1. The first-order valence-corrected chi connectivity index (χ1v) is 10.4. The summed E-state index contributed by atoms with van der Waals surface area (Å²) < 4.78 is 44.3. The summed E-state index contributed by atoms with van der Waals surface area (Å²) in [6, 6.07) is 10.0. The zero-order valence-corrected chi connectivity index (χ0v) is 18.1. The Hall–Kier alpha value is -1.86. The first-order chi connectivity index (χ1) is 14.1. The minimum absolute atomic E-state index is 0.0280. The number of ether oxygens (including phenoxy) is 1.